The van der Waals surface area contributed by atoms with Gasteiger partial charge < -0.3 is 5.73 Å². The summed E-state index contributed by atoms with van der Waals surface area (Å²) < 4.78 is 37.8. The van der Waals surface area contributed by atoms with E-state index in [1.165, 1.54) is 4.68 Å². The number of anilines is 1. The monoisotopic (exact) mass is 299 g/mol. The number of benzene rings is 1. The second kappa shape index (κ2) is 6.11. The number of nitrogens with zero attached hydrogens (tertiary/aromatic N) is 4. The zero-order valence-electron chi connectivity index (χ0n) is 11.6. The molecule has 114 valence electrons. The maximum absolute atomic E-state index is 12.1. The largest absolute Gasteiger partial charge is 0.398 e. The van der Waals surface area contributed by atoms with Gasteiger partial charge in [0.15, 0.2) is 5.82 Å². The topological polar surface area (TPSA) is 69.6 Å². The molecule has 0 aliphatic heterocycles. The number of aromatic nitrogens is 4. The van der Waals surface area contributed by atoms with Crippen LogP contribution >= 0.6 is 0 Å². The van der Waals surface area contributed by atoms with E-state index >= 15 is 0 Å². The Bertz CT molecular complexity index is 606. The third kappa shape index (κ3) is 3.93. The number of nitrogen functional groups attached to an aromatic ring is 1. The van der Waals surface area contributed by atoms with Gasteiger partial charge in [-0.25, -0.2) is 4.68 Å². The van der Waals surface area contributed by atoms with Gasteiger partial charge in [-0.2, -0.15) is 13.2 Å². The number of tetrazole rings is 1. The fourth-order valence-corrected chi connectivity index (χ4v) is 2.01. The number of hydrogen-bond acceptors (Lipinski definition) is 4. The molecule has 1 aromatic carbocycles. The van der Waals surface area contributed by atoms with Gasteiger partial charge in [0, 0.05) is 24.2 Å². The number of aryl methyl sites for hydroxylation is 2. The number of para-hydroxylation sites is 1. The lowest BCUT2D eigenvalue weighted by Gasteiger charge is -2.09. The Balaban J connectivity index is 2.07. The fraction of sp³-hybridized carbons (Fsp3) is 0.462. The summed E-state index contributed by atoms with van der Waals surface area (Å²) in [6.07, 6.45) is -4.52. The van der Waals surface area contributed by atoms with Crippen molar-refractivity contribution in [3.8, 4) is 11.4 Å². The SMILES string of the molecule is Cc1cccc(-c2nnnn2CCCCC(F)(F)F)c1N. The Labute approximate surface area is 119 Å². The normalized spacial score (nSPS) is 11.8. The molecule has 0 saturated heterocycles. The van der Waals surface area contributed by atoms with Gasteiger partial charge in [0.05, 0.1) is 0 Å². The van der Waals surface area contributed by atoms with Crippen molar-refractivity contribution in [2.45, 2.75) is 38.9 Å². The van der Waals surface area contributed by atoms with Crippen LogP contribution in [0.1, 0.15) is 24.8 Å². The summed E-state index contributed by atoms with van der Waals surface area (Å²) in [5.41, 5.74) is 8.16. The molecule has 0 aliphatic rings. The average Bonchev–Trinajstić information content (AvgIpc) is 2.85. The van der Waals surface area contributed by atoms with E-state index in [-0.39, 0.29) is 6.42 Å². The molecule has 0 aliphatic carbocycles. The minimum atomic E-state index is -4.12. The molecule has 0 spiro atoms. The molecule has 5 nitrogen and oxygen atoms in total. The highest BCUT2D eigenvalue weighted by molar-refractivity contribution is 5.73. The summed E-state index contributed by atoms with van der Waals surface area (Å²) in [5, 5.41) is 11.3. The van der Waals surface area contributed by atoms with Crippen molar-refractivity contribution in [3.63, 3.8) is 0 Å². The summed E-state index contributed by atoms with van der Waals surface area (Å²) in [6, 6.07) is 5.50. The summed E-state index contributed by atoms with van der Waals surface area (Å²) in [7, 11) is 0. The lowest BCUT2D eigenvalue weighted by Crippen LogP contribution is -2.09. The minimum absolute atomic E-state index is 0.0477. The predicted octanol–water partition coefficient (Wildman–Crippen LogP) is 2.96. The first-order valence-electron chi connectivity index (χ1n) is 6.57. The predicted molar refractivity (Wildman–Crippen MR) is 72.3 cm³/mol. The zero-order valence-corrected chi connectivity index (χ0v) is 11.6. The van der Waals surface area contributed by atoms with E-state index < -0.39 is 12.6 Å². The van der Waals surface area contributed by atoms with Crippen LogP contribution in [0.4, 0.5) is 18.9 Å². The van der Waals surface area contributed by atoms with Gasteiger partial charge in [-0.15, -0.1) is 5.10 Å². The zero-order chi connectivity index (χ0) is 15.5. The maximum atomic E-state index is 12.1. The van der Waals surface area contributed by atoms with Gasteiger partial charge in [0.2, 0.25) is 0 Å². The van der Waals surface area contributed by atoms with Crippen molar-refractivity contribution in [3.05, 3.63) is 23.8 Å². The van der Waals surface area contributed by atoms with Crippen molar-refractivity contribution >= 4 is 5.69 Å². The van der Waals surface area contributed by atoms with Crippen LogP contribution in [0.5, 0.6) is 0 Å². The van der Waals surface area contributed by atoms with Crippen LogP contribution in [0.2, 0.25) is 0 Å². The van der Waals surface area contributed by atoms with Gasteiger partial charge >= 0.3 is 6.18 Å². The van der Waals surface area contributed by atoms with E-state index in [0.29, 0.717) is 30.0 Å². The summed E-state index contributed by atoms with van der Waals surface area (Å²) in [4.78, 5) is 0. The first-order valence-corrected chi connectivity index (χ1v) is 6.57. The van der Waals surface area contributed by atoms with Crippen LogP contribution in [0, 0.1) is 6.92 Å². The summed E-state index contributed by atoms with van der Waals surface area (Å²) >= 11 is 0. The van der Waals surface area contributed by atoms with Crippen molar-refractivity contribution in [2.24, 2.45) is 0 Å². The third-order valence-electron chi connectivity index (χ3n) is 3.18. The fourth-order valence-electron chi connectivity index (χ4n) is 2.01. The number of hydrogen-bond donors (Lipinski definition) is 1. The quantitative estimate of drug-likeness (QED) is 0.680. The van der Waals surface area contributed by atoms with Crippen LogP contribution in [0.25, 0.3) is 11.4 Å². The first kappa shape index (κ1) is 15.3. The Morgan fingerprint density at radius 1 is 1.24 bits per heavy atom. The van der Waals surface area contributed by atoms with Crippen molar-refractivity contribution < 1.29 is 13.2 Å². The number of alkyl halides is 3. The number of rotatable bonds is 5. The van der Waals surface area contributed by atoms with E-state index in [2.05, 4.69) is 15.5 Å². The average molecular weight is 299 g/mol. The maximum Gasteiger partial charge on any atom is 0.389 e. The van der Waals surface area contributed by atoms with E-state index in [1.54, 1.807) is 6.07 Å². The van der Waals surface area contributed by atoms with E-state index in [1.807, 2.05) is 19.1 Å². The number of halogens is 3. The molecule has 2 N–H and O–H groups in total. The molecule has 21 heavy (non-hydrogen) atoms. The van der Waals surface area contributed by atoms with E-state index in [9.17, 15) is 13.2 Å². The van der Waals surface area contributed by atoms with Gasteiger partial charge in [-0.1, -0.05) is 12.1 Å². The second-order valence-electron chi connectivity index (χ2n) is 4.83. The molecule has 1 aromatic heterocycles. The van der Waals surface area contributed by atoms with Gasteiger partial charge in [-0.3, -0.25) is 0 Å². The van der Waals surface area contributed by atoms with Gasteiger partial charge in [0.1, 0.15) is 0 Å². The van der Waals surface area contributed by atoms with Crippen LogP contribution in [-0.4, -0.2) is 26.4 Å². The molecule has 2 rings (SSSR count). The molecule has 0 saturated carbocycles. The Morgan fingerprint density at radius 3 is 2.71 bits per heavy atom. The van der Waals surface area contributed by atoms with Gasteiger partial charge in [0.25, 0.3) is 0 Å². The van der Waals surface area contributed by atoms with Crippen LogP contribution in [0.3, 0.4) is 0 Å². The minimum Gasteiger partial charge on any atom is -0.398 e. The van der Waals surface area contributed by atoms with Crippen LogP contribution in [0.15, 0.2) is 18.2 Å². The number of unbranched alkanes of at least 4 members (excludes halogenated alkanes) is 1. The third-order valence-corrected chi connectivity index (χ3v) is 3.18. The van der Waals surface area contributed by atoms with Gasteiger partial charge in [-0.05, 0) is 41.8 Å². The summed E-state index contributed by atoms with van der Waals surface area (Å²) in [6.45, 7) is 2.20. The molecule has 2 aromatic rings. The Morgan fingerprint density at radius 2 is 2.00 bits per heavy atom. The molecule has 0 fully saturated rings. The molecule has 1 heterocycles. The number of nitrogens with two attached hydrogens (primary N) is 1. The van der Waals surface area contributed by atoms with Crippen molar-refractivity contribution in [2.75, 3.05) is 5.73 Å². The highest BCUT2D eigenvalue weighted by atomic mass is 19.4. The lowest BCUT2D eigenvalue weighted by atomic mass is 10.1. The Kier molecular flexibility index (Phi) is 4.44. The highest BCUT2D eigenvalue weighted by Crippen LogP contribution is 2.26. The molecule has 0 bridgehead atoms. The van der Waals surface area contributed by atoms with E-state index in [4.69, 9.17) is 5.73 Å². The van der Waals surface area contributed by atoms with Crippen LogP contribution < -0.4 is 5.73 Å². The Hall–Kier alpha value is -2.12. The van der Waals surface area contributed by atoms with Crippen molar-refractivity contribution in [1.29, 1.82) is 0 Å². The molecular formula is C13H16F3N5. The highest BCUT2D eigenvalue weighted by Gasteiger charge is 2.26. The van der Waals surface area contributed by atoms with Crippen LogP contribution in [-0.2, 0) is 6.54 Å². The molecule has 0 atom stereocenters. The molecular weight excluding hydrogens is 283 g/mol. The smallest absolute Gasteiger partial charge is 0.389 e. The van der Waals surface area contributed by atoms with Crippen molar-refractivity contribution in [1.82, 2.24) is 20.2 Å². The molecule has 8 heteroatoms. The summed E-state index contributed by atoms with van der Waals surface area (Å²) in [5.74, 6) is 0.475. The second-order valence-corrected chi connectivity index (χ2v) is 4.83. The molecule has 0 unspecified atom stereocenters. The first-order chi connectivity index (χ1) is 9.88. The van der Waals surface area contributed by atoms with E-state index in [0.717, 1.165) is 5.56 Å². The standard InChI is InChI=1S/C13H16F3N5/c1-9-5-4-6-10(11(9)17)12-18-19-20-21(12)8-3-2-7-13(14,15)16/h4-6H,2-3,7-8,17H2,1H3. The molecule has 0 amide bonds. The molecule has 0 radical (unpaired) electrons. The lowest BCUT2D eigenvalue weighted by molar-refractivity contribution is -0.135.